The summed E-state index contributed by atoms with van der Waals surface area (Å²) in [6.07, 6.45) is 1.46. The van der Waals surface area contributed by atoms with E-state index in [1.54, 1.807) is 37.3 Å². The van der Waals surface area contributed by atoms with E-state index in [-0.39, 0.29) is 11.3 Å². The number of hydrazone groups is 1. The van der Waals surface area contributed by atoms with Gasteiger partial charge in [0.25, 0.3) is 11.5 Å². The molecule has 7 heteroatoms. The topological polar surface area (TPSA) is 96.6 Å². The van der Waals surface area contributed by atoms with E-state index in [0.29, 0.717) is 22.3 Å². The molecule has 0 saturated heterocycles. The minimum absolute atomic E-state index is 0.145. The van der Waals surface area contributed by atoms with E-state index in [1.165, 1.54) is 22.9 Å². The van der Waals surface area contributed by atoms with Gasteiger partial charge in [-0.3, -0.25) is 14.2 Å². The number of hydrogen-bond acceptors (Lipinski definition) is 5. The molecule has 0 aliphatic rings. The van der Waals surface area contributed by atoms with Crippen LogP contribution < -0.4 is 11.0 Å². The fourth-order valence-corrected chi connectivity index (χ4v) is 3.24. The minimum atomic E-state index is -0.850. The molecule has 4 rings (SSSR count). The molecule has 3 aromatic carbocycles. The molecule has 7 nitrogen and oxygen atoms in total. The maximum atomic E-state index is 13.3. The molecular formula is C24H20N4O3. The maximum Gasteiger partial charge on any atom is 0.263 e. The zero-order valence-electron chi connectivity index (χ0n) is 16.8. The van der Waals surface area contributed by atoms with Crippen LogP contribution >= 0.6 is 0 Å². The lowest BCUT2D eigenvalue weighted by atomic mass is 10.1. The number of nitrogens with zero attached hydrogens (tertiary/aromatic N) is 3. The molecule has 1 heterocycles. The van der Waals surface area contributed by atoms with Crippen molar-refractivity contribution in [2.45, 2.75) is 13.0 Å². The summed E-state index contributed by atoms with van der Waals surface area (Å²) >= 11 is 0. The Morgan fingerprint density at radius 1 is 1.03 bits per heavy atom. The third kappa shape index (κ3) is 4.20. The van der Waals surface area contributed by atoms with Crippen LogP contribution in [0.25, 0.3) is 22.3 Å². The van der Waals surface area contributed by atoms with Crippen molar-refractivity contribution in [3.05, 3.63) is 94.8 Å². The van der Waals surface area contributed by atoms with Crippen LogP contribution in [-0.4, -0.2) is 26.8 Å². The second kappa shape index (κ2) is 8.62. The molecule has 0 bridgehead atoms. The first-order valence-corrected chi connectivity index (χ1v) is 9.73. The van der Waals surface area contributed by atoms with Gasteiger partial charge in [-0.25, -0.2) is 10.4 Å². The average Bonchev–Trinajstić information content (AvgIpc) is 2.80. The van der Waals surface area contributed by atoms with Crippen molar-refractivity contribution in [2.75, 3.05) is 0 Å². The SMILES string of the molecule is C[C@H](C(=O)NN=Cc1ccc(O)cc1)n1c(-c2ccccc2)nc2ccccc2c1=O. The van der Waals surface area contributed by atoms with Crippen LogP contribution in [-0.2, 0) is 4.79 Å². The standard InChI is InChI=1S/C24H20N4O3/c1-16(23(30)27-25-15-17-11-13-19(29)14-12-17)28-22(18-7-3-2-4-8-18)26-21-10-6-5-9-20(21)24(28)31/h2-16,29H,1H3,(H,27,30)/t16-/m1/s1. The lowest BCUT2D eigenvalue weighted by molar-refractivity contribution is -0.123. The van der Waals surface area contributed by atoms with Gasteiger partial charge in [0.2, 0.25) is 0 Å². The smallest absolute Gasteiger partial charge is 0.263 e. The van der Waals surface area contributed by atoms with Gasteiger partial charge in [0.1, 0.15) is 17.6 Å². The molecule has 0 fully saturated rings. The van der Waals surface area contributed by atoms with Crippen LogP contribution in [0.1, 0.15) is 18.5 Å². The third-order valence-electron chi connectivity index (χ3n) is 4.89. The summed E-state index contributed by atoms with van der Waals surface area (Å²) in [5.74, 6) is 0.104. The number of hydrogen-bond donors (Lipinski definition) is 2. The van der Waals surface area contributed by atoms with Crippen molar-refractivity contribution >= 4 is 23.0 Å². The van der Waals surface area contributed by atoms with Gasteiger partial charge < -0.3 is 5.11 Å². The van der Waals surface area contributed by atoms with Crippen LogP contribution in [0.15, 0.2) is 88.8 Å². The Labute approximate surface area is 178 Å². The van der Waals surface area contributed by atoms with Crippen molar-refractivity contribution in [2.24, 2.45) is 5.10 Å². The summed E-state index contributed by atoms with van der Waals surface area (Å²) in [7, 11) is 0. The number of carbonyl (C=O) groups excluding carboxylic acids is 1. The number of phenolic OH excluding ortho intramolecular Hbond substituents is 1. The number of aromatic nitrogens is 2. The molecule has 0 unspecified atom stereocenters. The van der Waals surface area contributed by atoms with E-state index in [2.05, 4.69) is 15.5 Å². The van der Waals surface area contributed by atoms with E-state index >= 15 is 0 Å². The second-order valence-corrected chi connectivity index (χ2v) is 7.00. The monoisotopic (exact) mass is 412 g/mol. The summed E-state index contributed by atoms with van der Waals surface area (Å²) in [4.78, 5) is 30.8. The molecule has 0 aliphatic heterocycles. The van der Waals surface area contributed by atoms with Gasteiger partial charge in [-0.05, 0) is 48.9 Å². The first kappa shape index (κ1) is 20.0. The Balaban J connectivity index is 1.70. The number of para-hydroxylation sites is 1. The first-order chi connectivity index (χ1) is 15.0. The number of amides is 1. The third-order valence-corrected chi connectivity index (χ3v) is 4.89. The van der Waals surface area contributed by atoms with Crippen molar-refractivity contribution in [3.63, 3.8) is 0 Å². The van der Waals surface area contributed by atoms with E-state index in [1.807, 2.05) is 36.4 Å². The molecule has 154 valence electrons. The highest BCUT2D eigenvalue weighted by molar-refractivity contribution is 5.85. The zero-order chi connectivity index (χ0) is 21.8. The van der Waals surface area contributed by atoms with Gasteiger partial charge in [-0.15, -0.1) is 0 Å². The van der Waals surface area contributed by atoms with Gasteiger partial charge in [0.15, 0.2) is 0 Å². The minimum Gasteiger partial charge on any atom is -0.508 e. The zero-order valence-corrected chi connectivity index (χ0v) is 16.8. The fraction of sp³-hybridized carbons (Fsp3) is 0.0833. The molecule has 2 N–H and O–H groups in total. The summed E-state index contributed by atoms with van der Waals surface area (Å²) in [5, 5.41) is 13.7. The molecule has 4 aromatic rings. The second-order valence-electron chi connectivity index (χ2n) is 7.00. The molecule has 1 atom stereocenters. The predicted octanol–water partition coefficient (Wildman–Crippen LogP) is 3.48. The van der Waals surface area contributed by atoms with Crippen LogP contribution in [0.4, 0.5) is 0 Å². The molecule has 0 radical (unpaired) electrons. The van der Waals surface area contributed by atoms with Gasteiger partial charge in [0, 0.05) is 5.56 Å². The first-order valence-electron chi connectivity index (χ1n) is 9.73. The van der Waals surface area contributed by atoms with Crippen molar-refractivity contribution < 1.29 is 9.90 Å². The normalized spacial score (nSPS) is 12.2. The number of phenols is 1. The lowest BCUT2D eigenvalue weighted by Gasteiger charge is -2.18. The highest BCUT2D eigenvalue weighted by atomic mass is 16.3. The maximum absolute atomic E-state index is 13.3. The van der Waals surface area contributed by atoms with Crippen LogP contribution in [0.2, 0.25) is 0 Å². The predicted molar refractivity (Wildman–Crippen MR) is 120 cm³/mol. The lowest BCUT2D eigenvalue weighted by Crippen LogP contribution is -2.35. The number of aromatic hydroxyl groups is 1. The number of nitrogens with one attached hydrogen (secondary N) is 1. The Hall–Kier alpha value is -4.26. The average molecular weight is 412 g/mol. The van der Waals surface area contributed by atoms with E-state index in [9.17, 15) is 14.7 Å². The Morgan fingerprint density at radius 2 is 1.71 bits per heavy atom. The molecule has 31 heavy (non-hydrogen) atoms. The highest BCUT2D eigenvalue weighted by Crippen LogP contribution is 2.22. The molecular weight excluding hydrogens is 392 g/mol. The van der Waals surface area contributed by atoms with Crippen molar-refractivity contribution in [1.29, 1.82) is 0 Å². The largest absolute Gasteiger partial charge is 0.508 e. The molecule has 1 aromatic heterocycles. The van der Waals surface area contributed by atoms with Gasteiger partial charge in [0.05, 0.1) is 17.1 Å². The quantitative estimate of drug-likeness (QED) is 0.387. The Morgan fingerprint density at radius 3 is 2.45 bits per heavy atom. The van der Waals surface area contributed by atoms with E-state index in [0.717, 1.165) is 5.56 Å². The number of rotatable bonds is 5. The molecule has 0 saturated carbocycles. The highest BCUT2D eigenvalue weighted by Gasteiger charge is 2.22. The molecule has 0 spiro atoms. The van der Waals surface area contributed by atoms with Crippen molar-refractivity contribution in [3.8, 4) is 17.1 Å². The van der Waals surface area contributed by atoms with Crippen LogP contribution in [0.5, 0.6) is 5.75 Å². The van der Waals surface area contributed by atoms with Crippen LogP contribution in [0.3, 0.4) is 0 Å². The van der Waals surface area contributed by atoms with Crippen molar-refractivity contribution in [1.82, 2.24) is 15.0 Å². The number of carbonyl (C=O) groups is 1. The van der Waals surface area contributed by atoms with E-state index < -0.39 is 11.9 Å². The summed E-state index contributed by atoms with van der Waals surface area (Å²) in [6, 6.07) is 21.9. The van der Waals surface area contributed by atoms with Gasteiger partial charge >= 0.3 is 0 Å². The fourth-order valence-electron chi connectivity index (χ4n) is 3.24. The molecule has 0 aliphatic carbocycles. The summed E-state index contributed by atoms with van der Waals surface area (Å²) in [5.41, 5.74) is 4.19. The van der Waals surface area contributed by atoms with Crippen LogP contribution in [0, 0.1) is 0 Å². The molecule has 1 amide bonds. The summed E-state index contributed by atoms with van der Waals surface area (Å²) < 4.78 is 1.39. The Bertz CT molecular complexity index is 1310. The van der Waals surface area contributed by atoms with Gasteiger partial charge in [-0.2, -0.15) is 5.10 Å². The van der Waals surface area contributed by atoms with Gasteiger partial charge in [-0.1, -0.05) is 42.5 Å². The number of fused-ring (bicyclic) bond motifs is 1. The Kier molecular flexibility index (Phi) is 5.57. The number of benzene rings is 3. The summed E-state index contributed by atoms with van der Waals surface area (Å²) in [6.45, 7) is 1.63. The van der Waals surface area contributed by atoms with E-state index in [4.69, 9.17) is 0 Å².